The second-order valence-electron chi connectivity index (χ2n) is 3.63. The van der Waals surface area contributed by atoms with Gasteiger partial charge in [-0.15, -0.1) is 0 Å². The van der Waals surface area contributed by atoms with Gasteiger partial charge in [-0.2, -0.15) is 45.1 Å². The van der Waals surface area contributed by atoms with Crippen molar-refractivity contribution in [1.82, 2.24) is 9.97 Å². The molecule has 0 atom stereocenters. The Bertz CT molecular complexity index is 694. The highest BCUT2D eigenvalue weighted by Crippen LogP contribution is 2.28. The summed E-state index contributed by atoms with van der Waals surface area (Å²) in [4.78, 5) is 4.26. The molecule has 0 spiro atoms. The van der Waals surface area contributed by atoms with Crippen molar-refractivity contribution in [3.05, 3.63) is 47.1 Å². The molecule has 0 radical (unpaired) electrons. The van der Waals surface area contributed by atoms with Crippen LogP contribution in [0.4, 0.5) is 35.1 Å². The molecule has 116 valence electrons. The Balaban J connectivity index is 2.80. The highest BCUT2D eigenvalue weighted by atomic mass is 31.1. The number of aromatic nitrogens is 2. The van der Waals surface area contributed by atoms with Crippen molar-refractivity contribution in [3.63, 3.8) is 0 Å². The standard InChI is InChI=1S/C10F8N2OP/c11-1-5(2(12)8(16)19-7(1)15)22(21)6-3(13)9(17)20-10(18)4(6)14/q+1. The summed E-state index contributed by atoms with van der Waals surface area (Å²) in [5, 5.41) is -3.91. The predicted molar refractivity (Wildman–Crippen MR) is 55.0 cm³/mol. The van der Waals surface area contributed by atoms with Crippen molar-refractivity contribution in [2.24, 2.45) is 0 Å². The molecule has 0 aromatic carbocycles. The zero-order chi connectivity index (χ0) is 16.8. The maximum Gasteiger partial charge on any atom is 0.428 e. The number of halogens is 8. The molecule has 0 N–H and O–H groups in total. The molecule has 12 heteroatoms. The average molecular weight is 347 g/mol. The van der Waals surface area contributed by atoms with Gasteiger partial charge < -0.3 is 0 Å². The van der Waals surface area contributed by atoms with E-state index in [0.717, 1.165) is 0 Å². The van der Waals surface area contributed by atoms with E-state index in [4.69, 9.17) is 0 Å². The molecule has 0 aliphatic carbocycles. The summed E-state index contributed by atoms with van der Waals surface area (Å²) in [6.07, 6.45) is 0. The lowest BCUT2D eigenvalue weighted by molar-refractivity contribution is 0.411. The molecule has 0 aliphatic rings. The van der Waals surface area contributed by atoms with Crippen LogP contribution in [0.25, 0.3) is 0 Å². The third kappa shape index (κ3) is 2.41. The van der Waals surface area contributed by atoms with Crippen molar-refractivity contribution in [3.8, 4) is 0 Å². The van der Waals surface area contributed by atoms with Crippen molar-refractivity contribution < 1.29 is 39.7 Å². The fourth-order valence-electron chi connectivity index (χ4n) is 1.42. The van der Waals surface area contributed by atoms with Gasteiger partial charge in [0.25, 0.3) is 34.4 Å². The largest absolute Gasteiger partial charge is 0.428 e. The first-order valence-corrected chi connectivity index (χ1v) is 6.30. The van der Waals surface area contributed by atoms with E-state index in [9.17, 15) is 39.7 Å². The zero-order valence-electron chi connectivity index (χ0n) is 9.77. The van der Waals surface area contributed by atoms with Crippen LogP contribution >= 0.6 is 7.80 Å². The first-order valence-electron chi connectivity index (χ1n) is 5.04. The molecule has 3 nitrogen and oxygen atoms in total. The molecule has 0 saturated heterocycles. The maximum absolute atomic E-state index is 13.4. The molecule has 0 bridgehead atoms. The normalized spacial score (nSPS) is 10.9. The quantitative estimate of drug-likeness (QED) is 0.476. The van der Waals surface area contributed by atoms with Crippen molar-refractivity contribution >= 4 is 18.4 Å². The molecule has 2 aromatic rings. The van der Waals surface area contributed by atoms with E-state index in [1.54, 1.807) is 0 Å². The van der Waals surface area contributed by atoms with E-state index < -0.39 is 65.5 Å². The van der Waals surface area contributed by atoms with E-state index in [1.807, 2.05) is 0 Å². The molecule has 22 heavy (non-hydrogen) atoms. The minimum absolute atomic E-state index is 1.96. The fraction of sp³-hybridized carbons (Fsp3) is 0. The van der Waals surface area contributed by atoms with E-state index >= 15 is 0 Å². The van der Waals surface area contributed by atoms with E-state index in [-0.39, 0.29) is 0 Å². The second kappa shape index (κ2) is 5.56. The Hall–Kier alpha value is -2.16. The summed E-state index contributed by atoms with van der Waals surface area (Å²) in [5.41, 5.74) is 0. The van der Waals surface area contributed by atoms with Gasteiger partial charge in [-0.3, -0.25) is 0 Å². The van der Waals surface area contributed by atoms with Crippen LogP contribution < -0.4 is 10.6 Å². The van der Waals surface area contributed by atoms with Gasteiger partial charge in [0, 0.05) is 0 Å². The SMILES string of the molecule is O=[P+](c1c(F)c(F)nc(F)c1F)c1c(F)c(F)nc(F)c1F. The highest BCUT2D eigenvalue weighted by molar-refractivity contribution is 7.61. The van der Waals surface area contributed by atoms with Crippen molar-refractivity contribution in [2.75, 3.05) is 0 Å². The first-order chi connectivity index (χ1) is 10.2. The van der Waals surface area contributed by atoms with E-state index in [1.165, 1.54) is 0 Å². The van der Waals surface area contributed by atoms with Gasteiger partial charge in [0.2, 0.25) is 23.3 Å². The van der Waals surface area contributed by atoms with Crippen LogP contribution in [0.2, 0.25) is 0 Å². The first kappa shape index (κ1) is 16.2. The van der Waals surface area contributed by atoms with Crippen LogP contribution in [0, 0.1) is 47.1 Å². The zero-order valence-corrected chi connectivity index (χ0v) is 10.7. The molecule has 0 unspecified atom stereocenters. The van der Waals surface area contributed by atoms with Gasteiger partial charge in [-0.05, 0) is 0 Å². The topological polar surface area (TPSA) is 42.9 Å². The van der Waals surface area contributed by atoms with Gasteiger partial charge >= 0.3 is 7.80 Å². The fourth-order valence-corrected chi connectivity index (χ4v) is 2.73. The predicted octanol–water partition coefficient (Wildman–Crippen LogP) is 2.37. The third-order valence-electron chi connectivity index (χ3n) is 2.35. The van der Waals surface area contributed by atoms with Gasteiger partial charge in [-0.1, -0.05) is 4.57 Å². The summed E-state index contributed by atoms with van der Waals surface area (Å²) < 4.78 is 117. The summed E-state index contributed by atoms with van der Waals surface area (Å²) in [7, 11) is -4.11. The number of hydrogen-bond acceptors (Lipinski definition) is 3. The lowest BCUT2D eigenvalue weighted by atomic mass is 10.4. The second-order valence-corrected chi connectivity index (χ2v) is 5.12. The summed E-state index contributed by atoms with van der Waals surface area (Å²) in [6.45, 7) is 0. The summed E-state index contributed by atoms with van der Waals surface area (Å²) in [5.74, 6) is -18.3. The van der Waals surface area contributed by atoms with Crippen LogP contribution in [0.3, 0.4) is 0 Å². The monoisotopic (exact) mass is 347 g/mol. The van der Waals surface area contributed by atoms with Crippen molar-refractivity contribution in [1.29, 1.82) is 0 Å². The molecular formula is C10F8N2OP+. The third-order valence-corrected chi connectivity index (χ3v) is 3.95. The lowest BCUT2D eigenvalue weighted by Gasteiger charge is -2.00. The molecule has 2 aromatic heterocycles. The van der Waals surface area contributed by atoms with Crippen molar-refractivity contribution in [2.45, 2.75) is 0 Å². The van der Waals surface area contributed by atoms with Gasteiger partial charge in [-0.25, -0.2) is 0 Å². The smallest absolute Gasteiger partial charge is 0.197 e. The Kier molecular flexibility index (Phi) is 4.10. The van der Waals surface area contributed by atoms with Crippen LogP contribution in [0.1, 0.15) is 0 Å². The molecule has 2 heterocycles. The molecule has 2 rings (SSSR count). The summed E-state index contributed by atoms with van der Waals surface area (Å²) >= 11 is 0. The van der Waals surface area contributed by atoms with Crippen LogP contribution in [0.5, 0.6) is 0 Å². The number of pyridine rings is 2. The van der Waals surface area contributed by atoms with Gasteiger partial charge in [0.15, 0.2) is 0 Å². The number of hydrogen-bond donors (Lipinski definition) is 0. The molecule has 0 amide bonds. The Labute approximate surface area is 116 Å². The van der Waals surface area contributed by atoms with Crippen LogP contribution in [0.15, 0.2) is 0 Å². The Morgan fingerprint density at radius 3 is 1.00 bits per heavy atom. The van der Waals surface area contributed by atoms with Crippen LogP contribution in [-0.4, -0.2) is 9.97 Å². The number of rotatable bonds is 2. The molecular weight excluding hydrogens is 347 g/mol. The van der Waals surface area contributed by atoms with Gasteiger partial charge in [0.1, 0.15) is 0 Å². The Morgan fingerprint density at radius 1 is 0.545 bits per heavy atom. The highest BCUT2D eigenvalue weighted by Gasteiger charge is 2.44. The maximum atomic E-state index is 13.4. The van der Waals surface area contributed by atoms with Gasteiger partial charge in [0.05, 0.1) is 0 Å². The number of nitrogens with zero attached hydrogens (tertiary/aromatic N) is 2. The van der Waals surface area contributed by atoms with E-state index in [2.05, 4.69) is 9.97 Å². The molecule has 0 aliphatic heterocycles. The minimum atomic E-state index is -4.11. The minimum Gasteiger partial charge on any atom is -0.197 e. The Morgan fingerprint density at radius 2 is 0.773 bits per heavy atom. The molecule has 0 saturated carbocycles. The lowest BCUT2D eigenvalue weighted by Crippen LogP contribution is -2.25. The average Bonchev–Trinajstić information content (AvgIpc) is 2.44. The molecule has 0 fully saturated rings. The van der Waals surface area contributed by atoms with Crippen LogP contribution in [-0.2, 0) is 4.57 Å². The summed E-state index contributed by atoms with van der Waals surface area (Å²) in [6, 6.07) is 0. The van der Waals surface area contributed by atoms with E-state index in [0.29, 0.717) is 0 Å².